The van der Waals surface area contributed by atoms with Crippen LogP contribution in [-0.2, 0) is 9.59 Å². The Balaban J connectivity index is 2.78. The topological polar surface area (TPSA) is 47.3 Å². The zero-order chi connectivity index (χ0) is 11.3. The summed E-state index contributed by atoms with van der Waals surface area (Å²) in [4.78, 5) is 21.4. The fourth-order valence-electron chi connectivity index (χ4n) is 0.834. The summed E-state index contributed by atoms with van der Waals surface area (Å²) in [5.74, 6) is 0.592. The maximum absolute atomic E-state index is 10.7. The Kier molecular flexibility index (Phi) is 4.34. The molecule has 0 unspecified atom stereocenters. The molecule has 0 fully saturated rings. The first-order valence-corrected chi connectivity index (χ1v) is 4.68. The van der Waals surface area contributed by atoms with Crippen LogP contribution in [0.3, 0.4) is 0 Å². The minimum absolute atomic E-state index is 0.277. The molecule has 0 bridgehead atoms. The van der Waals surface area contributed by atoms with Crippen molar-refractivity contribution in [2.75, 3.05) is 0 Å². The SMILES string of the molecule is O=C(Cl)C(=C/C=C/c1ccco1)C(=O)Cl. The molecule has 1 heterocycles. The fraction of sp³-hybridized carbons (Fsp3) is 0. The van der Waals surface area contributed by atoms with E-state index >= 15 is 0 Å². The molecular formula is C10H6Cl2O3. The normalized spacial score (nSPS) is 10.3. The lowest BCUT2D eigenvalue weighted by Crippen LogP contribution is -2.00. The molecule has 3 nitrogen and oxygen atoms in total. The smallest absolute Gasteiger partial charge is 0.257 e. The van der Waals surface area contributed by atoms with Gasteiger partial charge in [-0.3, -0.25) is 9.59 Å². The van der Waals surface area contributed by atoms with Crippen molar-refractivity contribution in [2.24, 2.45) is 0 Å². The zero-order valence-corrected chi connectivity index (χ0v) is 8.96. The lowest BCUT2D eigenvalue weighted by molar-refractivity contribution is -0.113. The molecule has 0 N–H and O–H groups in total. The van der Waals surface area contributed by atoms with Crippen LogP contribution in [0.25, 0.3) is 6.08 Å². The van der Waals surface area contributed by atoms with Crippen molar-refractivity contribution in [3.05, 3.63) is 41.9 Å². The van der Waals surface area contributed by atoms with Crippen LogP contribution in [0.2, 0.25) is 0 Å². The number of furan rings is 1. The largest absolute Gasteiger partial charge is 0.465 e. The van der Waals surface area contributed by atoms with Crippen LogP contribution in [0, 0.1) is 0 Å². The molecule has 1 rings (SSSR count). The summed E-state index contributed by atoms with van der Waals surface area (Å²) in [5, 5.41) is -1.78. The monoisotopic (exact) mass is 244 g/mol. The Labute approximate surface area is 96.0 Å². The van der Waals surface area contributed by atoms with Gasteiger partial charge in [-0.05, 0) is 47.5 Å². The quantitative estimate of drug-likeness (QED) is 0.269. The van der Waals surface area contributed by atoms with E-state index in [0.717, 1.165) is 0 Å². The van der Waals surface area contributed by atoms with Crippen molar-refractivity contribution in [2.45, 2.75) is 0 Å². The van der Waals surface area contributed by atoms with Gasteiger partial charge >= 0.3 is 0 Å². The van der Waals surface area contributed by atoms with Crippen molar-refractivity contribution in [1.29, 1.82) is 0 Å². The van der Waals surface area contributed by atoms with Gasteiger partial charge in [0.2, 0.25) is 0 Å². The van der Waals surface area contributed by atoms with E-state index in [0.29, 0.717) is 5.76 Å². The van der Waals surface area contributed by atoms with E-state index in [4.69, 9.17) is 27.6 Å². The van der Waals surface area contributed by atoms with Gasteiger partial charge in [-0.25, -0.2) is 0 Å². The molecular weight excluding hydrogens is 239 g/mol. The van der Waals surface area contributed by atoms with E-state index in [-0.39, 0.29) is 5.57 Å². The van der Waals surface area contributed by atoms with Crippen LogP contribution in [0.1, 0.15) is 5.76 Å². The standard InChI is InChI=1S/C10H6Cl2O3/c11-9(13)8(10(12)14)5-1-3-7-4-2-6-15-7/h1-6H/b3-1+. The number of carbonyl (C=O) groups excluding carboxylic acids is 2. The lowest BCUT2D eigenvalue weighted by atomic mass is 10.3. The minimum Gasteiger partial charge on any atom is -0.465 e. The first-order valence-electron chi connectivity index (χ1n) is 3.93. The molecule has 5 heteroatoms. The highest BCUT2D eigenvalue weighted by atomic mass is 35.5. The number of hydrogen-bond acceptors (Lipinski definition) is 3. The van der Waals surface area contributed by atoms with Crippen LogP contribution >= 0.6 is 23.2 Å². The Morgan fingerprint density at radius 2 is 1.93 bits per heavy atom. The van der Waals surface area contributed by atoms with Crippen molar-refractivity contribution in [1.82, 2.24) is 0 Å². The molecule has 1 aromatic heterocycles. The molecule has 0 atom stereocenters. The number of carbonyl (C=O) groups is 2. The maximum atomic E-state index is 10.7. The number of rotatable bonds is 4. The van der Waals surface area contributed by atoms with Crippen LogP contribution in [0.15, 0.2) is 40.5 Å². The van der Waals surface area contributed by atoms with Gasteiger partial charge in [-0.2, -0.15) is 0 Å². The van der Waals surface area contributed by atoms with Gasteiger partial charge in [-0.1, -0.05) is 6.08 Å². The van der Waals surface area contributed by atoms with Crippen molar-refractivity contribution < 1.29 is 14.0 Å². The average molecular weight is 245 g/mol. The van der Waals surface area contributed by atoms with E-state index in [2.05, 4.69) is 0 Å². The van der Waals surface area contributed by atoms with Crippen molar-refractivity contribution in [3.63, 3.8) is 0 Å². The van der Waals surface area contributed by atoms with E-state index in [1.165, 1.54) is 18.4 Å². The van der Waals surface area contributed by atoms with Crippen LogP contribution in [0.4, 0.5) is 0 Å². The van der Waals surface area contributed by atoms with Gasteiger partial charge in [0.05, 0.1) is 11.8 Å². The van der Waals surface area contributed by atoms with Gasteiger partial charge < -0.3 is 4.42 Å². The Bertz CT molecular complexity index is 400. The van der Waals surface area contributed by atoms with Gasteiger partial charge in [-0.15, -0.1) is 0 Å². The molecule has 15 heavy (non-hydrogen) atoms. The minimum atomic E-state index is -0.890. The summed E-state index contributed by atoms with van der Waals surface area (Å²) in [6.45, 7) is 0. The van der Waals surface area contributed by atoms with Gasteiger partial charge in [0.25, 0.3) is 10.5 Å². The first-order chi connectivity index (χ1) is 7.11. The zero-order valence-electron chi connectivity index (χ0n) is 7.44. The van der Waals surface area contributed by atoms with Gasteiger partial charge in [0.1, 0.15) is 5.76 Å². The number of hydrogen-bond donors (Lipinski definition) is 0. The van der Waals surface area contributed by atoms with Crippen molar-refractivity contribution >= 4 is 39.8 Å². The second kappa shape index (κ2) is 5.53. The third-order valence-corrected chi connectivity index (χ3v) is 1.90. The van der Waals surface area contributed by atoms with E-state index in [1.54, 1.807) is 18.2 Å². The molecule has 0 aliphatic heterocycles. The van der Waals surface area contributed by atoms with E-state index in [1.807, 2.05) is 0 Å². The molecule has 0 saturated heterocycles. The first kappa shape index (κ1) is 11.8. The van der Waals surface area contributed by atoms with Crippen LogP contribution in [-0.4, -0.2) is 10.5 Å². The maximum Gasteiger partial charge on any atom is 0.257 e. The Hall–Kier alpha value is -1.32. The summed E-state index contributed by atoms with van der Waals surface area (Å²) in [5.41, 5.74) is -0.277. The number of halogens is 2. The van der Waals surface area contributed by atoms with Crippen LogP contribution < -0.4 is 0 Å². The van der Waals surface area contributed by atoms with Crippen molar-refractivity contribution in [3.8, 4) is 0 Å². The predicted molar refractivity (Wildman–Crippen MR) is 57.5 cm³/mol. The molecule has 0 spiro atoms. The predicted octanol–water partition coefficient (Wildman–Crippen LogP) is 2.75. The molecule has 0 amide bonds. The summed E-state index contributed by atoms with van der Waals surface area (Å²) < 4.78 is 4.98. The van der Waals surface area contributed by atoms with Crippen LogP contribution in [0.5, 0.6) is 0 Å². The summed E-state index contributed by atoms with van der Waals surface area (Å²) in [6, 6.07) is 3.43. The molecule has 78 valence electrons. The van der Waals surface area contributed by atoms with E-state index in [9.17, 15) is 9.59 Å². The van der Waals surface area contributed by atoms with Gasteiger partial charge in [0.15, 0.2) is 0 Å². The second-order valence-electron chi connectivity index (χ2n) is 2.50. The van der Waals surface area contributed by atoms with E-state index < -0.39 is 10.5 Å². The van der Waals surface area contributed by atoms with Gasteiger partial charge in [0, 0.05) is 0 Å². The number of allylic oxidation sites excluding steroid dienone is 3. The molecule has 0 radical (unpaired) electrons. The highest BCUT2D eigenvalue weighted by molar-refractivity contribution is 6.79. The molecule has 1 aromatic rings. The summed E-state index contributed by atoms with van der Waals surface area (Å²) in [7, 11) is 0. The second-order valence-corrected chi connectivity index (χ2v) is 3.19. The summed E-state index contributed by atoms with van der Waals surface area (Å²) in [6.07, 6.45) is 5.76. The highest BCUT2D eigenvalue weighted by Crippen LogP contribution is 2.07. The molecule has 0 aliphatic rings. The molecule has 0 aromatic carbocycles. The molecule has 0 saturated carbocycles. The average Bonchev–Trinajstić information content (AvgIpc) is 2.63. The molecule has 0 aliphatic carbocycles. The Morgan fingerprint density at radius 3 is 2.40 bits per heavy atom. The Morgan fingerprint density at radius 1 is 1.27 bits per heavy atom. The highest BCUT2D eigenvalue weighted by Gasteiger charge is 2.11. The third kappa shape index (κ3) is 3.73. The summed E-state index contributed by atoms with van der Waals surface area (Å²) >= 11 is 10.3. The fourth-order valence-corrected chi connectivity index (χ4v) is 1.18. The third-order valence-electron chi connectivity index (χ3n) is 1.49. The lowest BCUT2D eigenvalue weighted by Gasteiger charge is -1.90.